The van der Waals surface area contributed by atoms with Gasteiger partial charge in [0.2, 0.25) is 0 Å². The van der Waals surface area contributed by atoms with E-state index in [0.717, 1.165) is 6.54 Å². The summed E-state index contributed by atoms with van der Waals surface area (Å²) >= 11 is 3.67. The second-order valence-corrected chi connectivity index (χ2v) is 5.55. The lowest BCUT2D eigenvalue weighted by Gasteiger charge is -2.32. The summed E-state index contributed by atoms with van der Waals surface area (Å²) in [6.45, 7) is 9.00. The van der Waals surface area contributed by atoms with E-state index in [1.165, 1.54) is 34.1 Å². The maximum Gasteiger partial charge on any atom is 0.0239 e. The fraction of sp³-hybridized carbons (Fsp3) is 0.538. The molecule has 0 N–H and O–H groups in total. The minimum atomic E-state index is 0.650. The van der Waals surface area contributed by atoms with Crippen molar-refractivity contribution < 1.29 is 0 Å². The first-order valence-electron chi connectivity index (χ1n) is 5.60. The molecule has 1 aromatic rings. The van der Waals surface area contributed by atoms with Gasteiger partial charge < -0.3 is 0 Å². The SMILES string of the molecule is Cc1cc(Br)c2c(c1)CN(C(C)C)CC2. The van der Waals surface area contributed by atoms with Gasteiger partial charge in [-0.05, 0) is 49.9 Å². The molecule has 1 aromatic carbocycles. The first kappa shape index (κ1) is 11.2. The van der Waals surface area contributed by atoms with Crippen LogP contribution in [0.4, 0.5) is 0 Å². The minimum absolute atomic E-state index is 0.650. The molecule has 0 fully saturated rings. The molecule has 0 atom stereocenters. The van der Waals surface area contributed by atoms with Crippen molar-refractivity contribution in [3.05, 3.63) is 33.3 Å². The van der Waals surface area contributed by atoms with Crippen molar-refractivity contribution in [2.75, 3.05) is 6.54 Å². The average Bonchev–Trinajstić information content (AvgIpc) is 2.16. The molecule has 0 saturated heterocycles. The van der Waals surface area contributed by atoms with Crippen LogP contribution in [0.5, 0.6) is 0 Å². The van der Waals surface area contributed by atoms with Crippen molar-refractivity contribution in [1.29, 1.82) is 0 Å². The summed E-state index contributed by atoms with van der Waals surface area (Å²) in [5, 5.41) is 0. The Bertz CT molecular complexity index is 371. The molecule has 0 spiro atoms. The maximum absolute atomic E-state index is 3.67. The smallest absolute Gasteiger partial charge is 0.0239 e. The number of rotatable bonds is 1. The quantitative estimate of drug-likeness (QED) is 0.753. The van der Waals surface area contributed by atoms with Gasteiger partial charge in [-0.1, -0.05) is 22.0 Å². The Hall–Kier alpha value is -0.340. The molecule has 0 amide bonds. The Balaban J connectivity index is 2.33. The summed E-state index contributed by atoms with van der Waals surface area (Å²) < 4.78 is 1.29. The van der Waals surface area contributed by atoms with Crippen molar-refractivity contribution in [1.82, 2.24) is 4.90 Å². The van der Waals surface area contributed by atoms with Crippen molar-refractivity contribution in [3.63, 3.8) is 0 Å². The van der Waals surface area contributed by atoms with E-state index in [-0.39, 0.29) is 0 Å². The van der Waals surface area contributed by atoms with Gasteiger partial charge >= 0.3 is 0 Å². The first-order chi connectivity index (χ1) is 7.08. The zero-order valence-corrected chi connectivity index (χ0v) is 11.3. The van der Waals surface area contributed by atoms with Gasteiger partial charge in [-0.2, -0.15) is 0 Å². The Morgan fingerprint density at radius 3 is 2.73 bits per heavy atom. The number of hydrogen-bond donors (Lipinski definition) is 0. The summed E-state index contributed by atoms with van der Waals surface area (Å²) in [7, 11) is 0. The van der Waals surface area contributed by atoms with E-state index in [9.17, 15) is 0 Å². The van der Waals surface area contributed by atoms with Crippen LogP contribution in [0.3, 0.4) is 0 Å². The number of nitrogens with zero attached hydrogens (tertiary/aromatic N) is 1. The van der Waals surface area contributed by atoms with Crippen LogP contribution in [0.25, 0.3) is 0 Å². The molecule has 1 aliphatic rings. The van der Waals surface area contributed by atoms with E-state index >= 15 is 0 Å². The molecule has 0 aliphatic carbocycles. The predicted molar refractivity (Wildman–Crippen MR) is 68.1 cm³/mol. The van der Waals surface area contributed by atoms with Crippen LogP contribution in [0, 0.1) is 6.92 Å². The van der Waals surface area contributed by atoms with Crippen LogP contribution >= 0.6 is 15.9 Å². The lowest BCUT2D eigenvalue weighted by Crippen LogP contribution is -2.36. The molecular formula is C13H18BrN. The standard InChI is InChI=1S/C13H18BrN/c1-9(2)15-5-4-12-11(8-15)6-10(3)7-13(12)14/h6-7,9H,4-5,8H2,1-3H3. The second kappa shape index (κ2) is 4.26. The fourth-order valence-electron chi connectivity index (χ4n) is 2.26. The summed E-state index contributed by atoms with van der Waals surface area (Å²) in [6.07, 6.45) is 1.17. The molecule has 0 saturated carbocycles. The summed E-state index contributed by atoms with van der Waals surface area (Å²) in [6, 6.07) is 5.20. The van der Waals surface area contributed by atoms with E-state index in [2.05, 4.69) is 53.7 Å². The zero-order valence-electron chi connectivity index (χ0n) is 9.68. The van der Waals surface area contributed by atoms with E-state index < -0.39 is 0 Å². The molecule has 1 heterocycles. The minimum Gasteiger partial charge on any atom is -0.296 e. The molecule has 15 heavy (non-hydrogen) atoms. The third kappa shape index (κ3) is 2.26. The van der Waals surface area contributed by atoms with Gasteiger partial charge in [-0.25, -0.2) is 0 Å². The predicted octanol–water partition coefficient (Wildman–Crippen LogP) is 3.52. The highest BCUT2D eigenvalue weighted by Gasteiger charge is 2.19. The van der Waals surface area contributed by atoms with Gasteiger partial charge in [0, 0.05) is 23.6 Å². The molecular weight excluding hydrogens is 250 g/mol. The van der Waals surface area contributed by atoms with E-state index in [4.69, 9.17) is 0 Å². The Morgan fingerprint density at radius 1 is 1.33 bits per heavy atom. The molecule has 0 aromatic heterocycles. The van der Waals surface area contributed by atoms with Crippen LogP contribution < -0.4 is 0 Å². The van der Waals surface area contributed by atoms with Gasteiger partial charge in [-0.15, -0.1) is 0 Å². The van der Waals surface area contributed by atoms with E-state index in [0.29, 0.717) is 6.04 Å². The van der Waals surface area contributed by atoms with Crippen LogP contribution in [0.2, 0.25) is 0 Å². The maximum atomic E-state index is 3.67. The highest BCUT2D eigenvalue weighted by atomic mass is 79.9. The van der Waals surface area contributed by atoms with Crippen molar-refractivity contribution in [3.8, 4) is 0 Å². The van der Waals surface area contributed by atoms with Crippen molar-refractivity contribution in [2.45, 2.75) is 39.8 Å². The largest absolute Gasteiger partial charge is 0.296 e. The average molecular weight is 268 g/mol. The van der Waals surface area contributed by atoms with Crippen LogP contribution in [0.1, 0.15) is 30.5 Å². The fourth-order valence-corrected chi connectivity index (χ4v) is 3.07. The summed E-state index contributed by atoms with van der Waals surface area (Å²) in [4.78, 5) is 2.54. The second-order valence-electron chi connectivity index (χ2n) is 4.70. The van der Waals surface area contributed by atoms with Gasteiger partial charge in [0.05, 0.1) is 0 Å². The Kier molecular flexibility index (Phi) is 3.17. The van der Waals surface area contributed by atoms with Crippen molar-refractivity contribution in [2.24, 2.45) is 0 Å². The van der Waals surface area contributed by atoms with Gasteiger partial charge in [0.15, 0.2) is 0 Å². The molecule has 0 unspecified atom stereocenters. The van der Waals surface area contributed by atoms with E-state index in [1.54, 1.807) is 0 Å². The molecule has 0 bridgehead atoms. The van der Waals surface area contributed by atoms with Crippen LogP contribution in [0.15, 0.2) is 16.6 Å². The Labute approximate surface area is 101 Å². The molecule has 82 valence electrons. The normalized spacial score (nSPS) is 16.9. The molecule has 0 radical (unpaired) electrons. The highest BCUT2D eigenvalue weighted by molar-refractivity contribution is 9.10. The third-order valence-electron chi connectivity index (χ3n) is 3.18. The lowest BCUT2D eigenvalue weighted by atomic mass is 9.97. The van der Waals surface area contributed by atoms with E-state index in [1.807, 2.05) is 0 Å². The van der Waals surface area contributed by atoms with Crippen LogP contribution in [-0.2, 0) is 13.0 Å². The third-order valence-corrected chi connectivity index (χ3v) is 3.89. The number of benzene rings is 1. The van der Waals surface area contributed by atoms with Gasteiger partial charge in [-0.3, -0.25) is 4.90 Å². The number of halogens is 1. The van der Waals surface area contributed by atoms with Gasteiger partial charge in [0.1, 0.15) is 0 Å². The first-order valence-corrected chi connectivity index (χ1v) is 6.39. The molecule has 2 rings (SSSR count). The zero-order chi connectivity index (χ0) is 11.0. The highest BCUT2D eigenvalue weighted by Crippen LogP contribution is 2.28. The topological polar surface area (TPSA) is 3.24 Å². The van der Waals surface area contributed by atoms with Crippen LogP contribution in [-0.4, -0.2) is 17.5 Å². The van der Waals surface area contributed by atoms with Crippen molar-refractivity contribution >= 4 is 15.9 Å². The number of hydrogen-bond acceptors (Lipinski definition) is 1. The monoisotopic (exact) mass is 267 g/mol. The Morgan fingerprint density at radius 2 is 2.07 bits per heavy atom. The number of fused-ring (bicyclic) bond motifs is 1. The summed E-state index contributed by atoms with van der Waals surface area (Å²) in [5.41, 5.74) is 4.37. The number of aryl methyl sites for hydroxylation is 1. The summed E-state index contributed by atoms with van der Waals surface area (Å²) in [5.74, 6) is 0. The molecule has 2 heteroatoms. The molecule has 1 aliphatic heterocycles. The lowest BCUT2D eigenvalue weighted by molar-refractivity contribution is 0.203. The van der Waals surface area contributed by atoms with Gasteiger partial charge in [0.25, 0.3) is 0 Å². The molecule has 1 nitrogen and oxygen atoms in total.